The number of nitriles is 1. The van der Waals surface area contributed by atoms with E-state index >= 15 is 0 Å². The van der Waals surface area contributed by atoms with Crippen molar-refractivity contribution >= 4 is 17.4 Å². The van der Waals surface area contributed by atoms with Gasteiger partial charge in [-0.15, -0.1) is 11.8 Å². The third-order valence-corrected chi connectivity index (χ3v) is 3.79. The largest absolute Gasteiger partial charge is 0.381 e. The molecule has 0 aromatic heterocycles. The summed E-state index contributed by atoms with van der Waals surface area (Å²) in [4.78, 5) is 3.24. The summed E-state index contributed by atoms with van der Waals surface area (Å²) in [6, 6.07) is 8.70. The number of hydrogen-bond donors (Lipinski definition) is 1. The van der Waals surface area contributed by atoms with Gasteiger partial charge in [0, 0.05) is 10.9 Å². The molecule has 1 unspecified atom stereocenters. The Hall–Kier alpha value is -1.18. The molecule has 0 fully saturated rings. The average molecular weight is 277 g/mol. The van der Waals surface area contributed by atoms with Crippen LogP contribution in [0.25, 0.3) is 0 Å². The van der Waals surface area contributed by atoms with Crippen LogP contribution in [0.1, 0.15) is 25.8 Å². The van der Waals surface area contributed by atoms with Gasteiger partial charge in [-0.3, -0.25) is 0 Å². The van der Waals surface area contributed by atoms with Crippen LogP contribution in [0, 0.1) is 11.3 Å². The quantitative estimate of drug-likeness (QED) is 0.775. The van der Waals surface area contributed by atoms with Crippen LogP contribution in [0.2, 0.25) is 0 Å². The van der Waals surface area contributed by atoms with Crippen molar-refractivity contribution in [2.45, 2.75) is 31.2 Å². The summed E-state index contributed by atoms with van der Waals surface area (Å²) in [7, 11) is 4.15. The van der Waals surface area contributed by atoms with Crippen LogP contribution >= 0.6 is 11.8 Å². The Morgan fingerprint density at radius 3 is 2.74 bits per heavy atom. The van der Waals surface area contributed by atoms with Crippen LogP contribution in [0.3, 0.4) is 0 Å². The minimum absolute atomic E-state index is 0.358. The first kappa shape index (κ1) is 15.9. The maximum Gasteiger partial charge on any atom is 0.102 e. The van der Waals surface area contributed by atoms with Crippen LogP contribution in [-0.4, -0.2) is 37.3 Å². The molecule has 0 saturated heterocycles. The van der Waals surface area contributed by atoms with Crippen molar-refractivity contribution in [3.63, 3.8) is 0 Å². The Labute approximate surface area is 121 Å². The van der Waals surface area contributed by atoms with Gasteiger partial charge in [0.05, 0.1) is 11.3 Å². The van der Waals surface area contributed by atoms with Gasteiger partial charge in [-0.2, -0.15) is 5.26 Å². The van der Waals surface area contributed by atoms with Crippen molar-refractivity contribution < 1.29 is 0 Å². The molecular formula is C15H23N3S. The minimum atomic E-state index is 0.358. The van der Waals surface area contributed by atoms with E-state index in [0.717, 1.165) is 34.9 Å². The molecule has 1 rings (SSSR count). The summed E-state index contributed by atoms with van der Waals surface area (Å²) in [6.07, 6.45) is 1.06. The Morgan fingerprint density at radius 1 is 1.42 bits per heavy atom. The zero-order valence-electron chi connectivity index (χ0n) is 12.2. The van der Waals surface area contributed by atoms with Gasteiger partial charge in [0.2, 0.25) is 0 Å². The molecule has 0 aliphatic carbocycles. The summed E-state index contributed by atoms with van der Waals surface area (Å²) in [6.45, 7) is 5.30. The highest BCUT2D eigenvalue weighted by atomic mass is 32.2. The molecule has 104 valence electrons. The number of nitrogens with one attached hydrogen (secondary N) is 1. The third-order valence-electron chi connectivity index (χ3n) is 2.85. The highest BCUT2D eigenvalue weighted by Gasteiger charge is 2.10. The third kappa shape index (κ3) is 5.14. The number of thioether (sulfide) groups is 1. The van der Waals surface area contributed by atoms with Crippen molar-refractivity contribution in [2.24, 2.45) is 0 Å². The van der Waals surface area contributed by atoms with Crippen molar-refractivity contribution in [3.05, 3.63) is 23.8 Å². The van der Waals surface area contributed by atoms with E-state index in [2.05, 4.69) is 44.2 Å². The lowest BCUT2D eigenvalue weighted by atomic mass is 10.1. The molecule has 1 aromatic rings. The number of anilines is 1. The zero-order chi connectivity index (χ0) is 14.3. The van der Waals surface area contributed by atoms with E-state index in [0.29, 0.717) is 6.04 Å². The van der Waals surface area contributed by atoms with Gasteiger partial charge in [-0.25, -0.2) is 0 Å². The second kappa shape index (κ2) is 8.08. The predicted octanol–water partition coefficient (Wildman–Crippen LogP) is 3.42. The Kier molecular flexibility index (Phi) is 6.75. The maximum absolute atomic E-state index is 9.35. The lowest BCUT2D eigenvalue weighted by Gasteiger charge is -2.19. The highest BCUT2D eigenvalue weighted by molar-refractivity contribution is 7.99. The lowest BCUT2D eigenvalue weighted by molar-refractivity contribution is 0.390. The predicted molar refractivity (Wildman–Crippen MR) is 83.8 cm³/mol. The Balaban J connectivity index is 2.77. The first-order valence-corrected chi connectivity index (χ1v) is 7.64. The summed E-state index contributed by atoms with van der Waals surface area (Å²) >= 11 is 1.72. The van der Waals surface area contributed by atoms with E-state index < -0.39 is 0 Å². The second-order valence-corrected chi connectivity index (χ2v) is 6.17. The van der Waals surface area contributed by atoms with Gasteiger partial charge in [-0.1, -0.05) is 13.0 Å². The van der Waals surface area contributed by atoms with Gasteiger partial charge in [-0.05, 0) is 51.9 Å². The van der Waals surface area contributed by atoms with E-state index in [1.165, 1.54) is 0 Å². The van der Waals surface area contributed by atoms with E-state index in [4.69, 9.17) is 0 Å². The molecule has 1 N–H and O–H groups in total. The van der Waals surface area contributed by atoms with Gasteiger partial charge in [0.25, 0.3) is 0 Å². The van der Waals surface area contributed by atoms with Crippen molar-refractivity contribution in [3.8, 4) is 6.07 Å². The number of benzene rings is 1. The number of nitrogens with zero attached hydrogens (tertiary/aromatic N) is 2. The first-order valence-electron chi connectivity index (χ1n) is 6.65. The second-order valence-electron chi connectivity index (χ2n) is 4.86. The standard InChI is InChI=1S/C15H23N3S/c1-5-19-15-8-6-7-14(13(15)11-16)17-12(2)9-10-18(3)4/h6-8,12,17H,5,9-10H2,1-4H3. The summed E-state index contributed by atoms with van der Waals surface area (Å²) in [5, 5.41) is 12.8. The van der Waals surface area contributed by atoms with Crippen molar-refractivity contribution in [1.82, 2.24) is 4.90 Å². The molecule has 1 atom stereocenters. The first-order chi connectivity index (χ1) is 9.08. The molecule has 0 radical (unpaired) electrons. The molecule has 3 nitrogen and oxygen atoms in total. The van der Waals surface area contributed by atoms with E-state index in [1.807, 2.05) is 18.2 Å². The molecular weight excluding hydrogens is 254 g/mol. The van der Waals surface area contributed by atoms with Crippen LogP contribution in [0.15, 0.2) is 23.1 Å². The molecule has 19 heavy (non-hydrogen) atoms. The van der Waals surface area contributed by atoms with Gasteiger partial charge >= 0.3 is 0 Å². The fraction of sp³-hybridized carbons (Fsp3) is 0.533. The molecule has 0 aliphatic rings. The van der Waals surface area contributed by atoms with Crippen LogP contribution in [-0.2, 0) is 0 Å². The van der Waals surface area contributed by atoms with E-state index in [1.54, 1.807) is 11.8 Å². The Bertz CT molecular complexity index is 438. The summed E-state index contributed by atoms with van der Waals surface area (Å²) in [5.41, 5.74) is 1.72. The molecule has 0 heterocycles. The van der Waals surface area contributed by atoms with Gasteiger partial charge in [0.1, 0.15) is 6.07 Å². The molecule has 0 bridgehead atoms. The van der Waals surface area contributed by atoms with Crippen LogP contribution in [0.4, 0.5) is 5.69 Å². The van der Waals surface area contributed by atoms with Crippen LogP contribution < -0.4 is 5.32 Å². The SMILES string of the molecule is CCSc1cccc(NC(C)CCN(C)C)c1C#N. The lowest BCUT2D eigenvalue weighted by Crippen LogP contribution is -2.23. The zero-order valence-corrected chi connectivity index (χ0v) is 13.0. The maximum atomic E-state index is 9.35. The monoisotopic (exact) mass is 277 g/mol. The topological polar surface area (TPSA) is 39.1 Å². The summed E-state index contributed by atoms with van der Waals surface area (Å²) < 4.78 is 0. The Morgan fingerprint density at radius 2 is 2.16 bits per heavy atom. The summed E-state index contributed by atoms with van der Waals surface area (Å²) in [5.74, 6) is 0.980. The van der Waals surface area contributed by atoms with E-state index in [9.17, 15) is 5.26 Å². The smallest absolute Gasteiger partial charge is 0.102 e. The van der Waals surface area contributed by atoms with Crippen molar-refractivity contribution in [1.29, 1.82) is 5.26 Å². The fourth-order valence-electron chi connectivity index (χ4n) is 1.83. The molecule has 0 amide bonds. The minimum Gasteiger partial charge on any atom is -0.381 e. The number of rotatable bonds is 7. The normalized spacial score (nSPS) is 12.2. The van der Waals surface area contributed by atoms with Crippen molar-refractivity contribution in [2.75, 3.05) is 31.7 Å². The highest BCUT2D eigenvalue weighted by Crippen LogP contribution is 2.28. The molecule has 1 aromatic carbocycles. The molecule has 4 heteroatoms. The molecule has 0 saturated carbocycles. The number of hydrogen-bond acceptors (Lipinski definition) is 4. The van der Waals surface area contributed by atoms with Gasteiger partial charge in [0.15, 0.2) is 0 Å². The van der Waals surface area contributed by atoms with E-state index in [-0.39, 0.29) is 0 Å². The fourth-order valence-corrected chi connectivity index (χ4v) is 2.62. The molecule has 0 spiro atoms. The molecule has 0 aliphatic heterocycles. The average Bonchev–Trinajstić information content (AvgIpc) is 2.37. The van der Waals surface area contributed by atoms with Gasteiger partial charge < -0.3 is 10.2 Å². The van der Waals surface area contributed by atoms with Crippen LogP contribution in [0.5, 0.6) is 0 Å².